The summed E-state index contributed by atoms with van der Waals surface area (Å²) < 4.78 is 13.4. The van der Waals surface area contributed by atoms with Crippen LogP contribution in [0.2, 0.25) is 0 Å². The highest BCUT2D eigenvalue weighted by molar-refractivity contribution is 6.74. The van der Waals surface area contributed by atoms with Crippen molar-refractivity contribution < 1.29 is 8.83 Å². The number of hydrogen-bond donors (Lipinski definition) is 1. The molecule has 256 valence electrons. The topological polar surface area (TPSA) is 45.3 Å². The van der Waals surface area contributed by atoms with Crippen molar-refractivity contribution in [1.29, 1.82) is 0 Å². The van der Waals surface area contributed by atoms with Crippen LogP contribution in [0.15, 0.2) is 185 Å². The lowest BCUT2D eigenvalue weighted by Crippen LogP contribution is -2.41. The number of hydrogen-bond acceptors (Lipinski definition) is 3. The van der Waals surface area contributed by atoms with Crippen LogP contribution < -0.4 is 15.8 Å². The lowest BCUT2D eigenvalue weighted by molar-refractivity contribution is 0.669. The number of aromatic nitrogens is 1. The van der Waals surface area contributed by atoms with Crippen molar-refractivity contribution >= 4 is 90.2 Å². The van der Waals surface area contributed by atoms with Crippen LogP contribution >= 0.6 is 0 Å². The van der Waals surface area contributed by atoms with Gasteiger partial charge in [0.2, 0.25) is 0 Å². The second-order valence-corrected chi connectivity index (χ2v) is 14.5. The first-order chi connectivity index (χ1) is 27.3. The molecular formula is C50H31BN2O2. The van der Waals surface area contributed by atoms with E-state index in [1.165, 1.54) is 38.7 Å². The molecule has 55 heavy (non-hydrogen) atoms. The van der Waals surface area contributed by atoms with Crippen molar-refractivity contribution in [2.45, 2.75) is 0 Å². The predicted molar refractivity (Wildman–Crippen MR) is 230 cm³/mol. The van der Waals surface area contributed by atoms with Crippen LogP contribution in [-0.4, -0.2) is 12.3 Å². The summed E-state index contributed by atoms with van der Waals surface area (Å²) in [4.78, 5) is 6.27. The summed E-state index contributed by atoms with van der Waals surface area (Å²) in [5.41, 5.74) is 18.5. The van der Waals surface area contributed by atoms with Crippen molar-refractivity contribution in [2.24, 2.45) is 0 Å². The van der Waals surface area contributed by atoms with Crippen LogP contribution in [0.5, 0.6) is 0 Å². The third kappa shape index (κ3) is 4.53. The SMILES string of the molecule is B1c2cc(-c3ccccc3)ccc2N(c2ccc(-c3ccccc3)cc2)c2c1c(-c1cccc3c1[nH]c1c4ccccc4oc31)cc1c2oc2ccccc21. The lowest BCUT2D eigenvalue weighted by atomic mass is 9.57. The Balaban J connectivity index is 1.16. The standard InChI is InChI=1S/C50H31BN2O2/c1-3-12-30(13-4-1)32-22-25-34(26-23-32)53-42-27-24-33(31-14-5-2-6-15-31)28-41(42)51-45-39(29-40-35-16-7-9-20-43(35)55-50(40)48(45)53)36-18-11-19-38-46(36)52-47-37-17-8-10-21-44(37)54-49(38)47/h1-29,51-52H. The number of nitrogens with zero attached hydrogens (tertiary/aromatic N) is 1. The van der Waals surface area contributed by atoms with Crippen LogP contribution in [0.3, 0.4) is 0 Å². The Morgan fingerprint density at radius 1 is 0.436 bits per heavy atom. The normalized spacial score (nSPS) is 12.5. The fraction of sp³-hybridized carbons (Fsp3) is 0. The number of anilines is 3. The van der Waals surface area contributed by atoms with Crippen LogP contribution in [0, 0.1) is 0 Å². The van der Waals surface area contributed by atoms with E-state index in [1.54, 1.807) is 0 Å². The molecule has 0 atom stereocenters. The van der Waals surface area contributed by atoms with Crippen molar-refractivity contribution in [3.63, 3.8) is 0 Å². The van der Waals surface area contributed by atoms with Gasteiger partial charge in [-0.05, 0) is 81.8 Å². The van der Waals surface area contributed by atoms with Gasteiger partial charge in [0.25, 0.3) is 0 Å². The second-order valence-electron chi connectivity index (χ2n) is 14.5. The molecule has 1 aliphatic heterocycles. The first kappa shape index (κ1) is 30.2. The Morgan fingerprint density at radius 2 is 1.05 bits per heavy atom. The number of H-pyrrole nitrogens is 1. The highest BCUT2D eigenvalue weighted by atomic mass is 16.3. The smallest absolute Gasteiger partial charge is 0.198 e. The quantitative estimate of drug-likeness (QED) is 0.186. The van der Waals surface area contributed by atoms with E-state index < -0.39 is 0 Å². The molecule has 0 unspecified atom stereocenters. The molecule has 1 N–H and O–H groups in total. The fourth-order valence-corrected chi connectivity index (χ4v) is 8.89. The number of benzene rings is 8. The van der Waals surface area contributed by atoms with E-state index in [2.05, 4.69) is 174 Å². The zero-order chi connectivity index (χ0) is 36.0. The molecule has 1 aliphatic rings. The summed E-state index contributed by atoms with van der Waals surface area (Å²) in [5, 5.41) is 4.36. The number of para-hydroxylation sites is 3. The molecular weight excluding hydrogens is 671 g/mol. The fourth-order valence-electron chi connectivity index (χ4n) is 8.89. The molecule has 8 aromatic carbocycles. The Kier molecular flexibility index (Phi) is 6.40. The molecule has 0 aliphatic carbocycles. The molecule has 0 spiro atoms. The lowest BCUT2D eigenvalue weighted by Gasteiger charge is -2.35. The van der Waals surface area contributed by atoms with E-state index in [0.717, 1.165) is 84.8 Å². The second kappa shape index (κ2) is 11.6. The molecule has 11 aromatic rings. The minimum atomic E-state index is 0.738. The van der Waals surface area contributed by atoms with Gasteiger partial charge in [0.1, 0.15) is 11.2 Å². The number of nitrogens with one attached hydrogen (secondary N) is 1. The zero-order valence-corrected chi connectivity index (χ0v) is 29.7. The van der Waals surface area contributed by atoms with Crippen molar-refractivity contribution in [3.8, 4) is 33.4 Å². The van der Waals surface area contributed by atoms with Gasteiger partial charge in [0.15, 0.2) is 18.4 Å². The molecule has 12 rings (SSSR count). The van der Waals surface area contributed by atoms with Gasteiger partial charge in [-0.2, -0.15) is 0 Å². The van der Waals surface area contributed by atoms with Gasteiger partial charge in [0.05, 0.1) is 16.7 Å². The predicted octanol–water partition coefficient (Wildman–Crippen LogP) is 12.1. The maximum Gasteiger partial charge on any atom is 0.198 e. The summed E-state index contributed by atoms with van der Waals surface area (Å²) in [6.07, 6.45) is 0. The summed E-state index contributed by atoms with van der Waals surface area (Å²) in [6, 6.07) is 62.7. The van der Waals surface area contributed by atoms with Crippen molar-refractivity contribution in [1.82, 2.24) is 4.98 Å². The highest BCUT2D eigenvalue weighted by Gasteiger charge is 2.33. The molecule has 3 aromatic heterocycles. The Hall–Kier alpha value is -7.24. The van der Waals surface area contributed by atoms with Crippen molar-refractivity contribution in [2.75, 3.05) is 4.90 Å². The van der Waals surface area contributed by atoms with Gasteiger partial charge in [-0.25, -0.2) is 0 Å². The van der Waals surface area contributed by atoms with Gasteiger partial charge in [-0.1, -0.05) is 133 Å². The minimum absolute atomic E-state index is 0.738. The van der Waals surface area contributed by atoms with E-state index >= 15 is 0 Å². The maximum atomic E-state index is 6.90. The van der Waals surface area contributed by atoms with E-state index in [4.69, 9.17) is 8.83 Å². The van der Waals surface area contributed by atoms with Gasteiger partial charge >= 0.3 is 0 Å². The van der Waals surface area contributed by atoms with Gasteiger partial charge in [-0.15, -0.1) is 0 Å². The van der Waals surface area contributed by atoms with Crippen LogP contribution in [-0.2, 0) is 0 Å². The maximum absolute atomic E-state index is 6.90. The summed E-state index contributed by atoms with van der Waals surface area (Å²) in [7, 11) is 0.738. The third-order valence-electron chi connectivity index (χ3n) is 11.4. The molecule has 0 fully saturated rings. The molecule has 5 heteroatoms. The highest BCUT2D eigenvalue weighted by Crippen LogP contribution is 2.46. The molecule has 4 heterocycles. The molecule has 0 radical (unpaired) electrons. The van der Waals surface area contributed by atoms with E-state index in [-0.39, 0.29) is 0 Å². The summed E-state index contributed by atoms with van der Waals surface area (Å²) >= 11 is 0. The number of fused-ring (bicyclic) bond motifs is 11. The molecule has 0 saturated carbocycles. The van der Waals surface area contributed by atoms with E-state index in [9.17, 15) is 0 Å². The van der Waals surface area contributed by atoms with Crippen LogP contribution in [0.25, 0.3) is 88.3 Å². The average molecular weight is 703 g/mol. The van der Waals surface area contributed by atoms with E-state index in [0.29, 0.717) is 0 Å². The Bertz CT molecular complexity index is 3280. The Morgan fingerprint density at radius 3 is 1.84 bits per heavy atom. The minimum Gasteiger partial charge on any atom is -0.454 e. The van der Waals surface area contributed by atoms with Gasteiger partial charge in [0, 0.05) is 38.5 Å². The zero-order valence-electron chi connectivity index (χ0n) is 29.7. The summed E-state index contributed by atoms with van der Waals surface area (Å²) in [6.45, 7) is 0. The Labute approximate surface area is 317 Å². The summed E-state index contributed by atoms with van der Waals surface area (Å²) in [5.74, 6) is 0. The number of aromatic amines is 1. The van der Waals surface area contributed by atoms with Gasteiger partial charge in [-0.3, -0.25) is 0 Å². The van der Waals surface area contributed by atoms with Crippen molar-refractivity contribution in [3.05, 3.63) is 176 Å². The molecule has 0 amide bonds. The first-order valence-corrected chi connectivity index (χ1v) is 18.8. The largest absolute Gasteiger partial charge is 0.454 e. The molecule has 4 nitrogen and oxygen atoms in total. The van der Waals surface area contributed by atoms with Crippen LogP contribution in [0.1, 0.15) is 0 Å². The van der Waals surface area contributed by atoms with Gasteiger partial charge < -0.3 is 18.7 Å². The van der Waals surface area contributed by atoms with Crippen LogP contribution in [0.4, 0.5) is 17.1 Å². The molecule has 0 bridgehead atoms. The average Bonchev–Trinajstić information content (AvgIpc) is 3.93. The monoisotopic (exact) mass is 702 g/mol. The van der Waals surface area contributed by atoms with E-state index in [1.807, 2.05) is 12.1 Å². The molecule has 0 saturated heterocycles. The first-order valence-electron chi connectivity index (χ1n) is 18.8. The number of furan rings is 2. The number of rotatable bonds is 4. The third-order valence-corrected chi connectivity index (χ3v) is 11.4.